The number of hydrogen-bond acceptors (Lipinski definition) is 3. The molecule has 0 heterocycles. The van der Waals surface area contributed by atoms with Gasteiger partial charge in [0.15, 0.2) is 0 Å². The fourth-order valence-corrected chi connectivity index (χ4v) is 3.59. The molecule has 0 atom stereocenters. The first-order valence-corrected chi connectivity index (χ1v) is 10.2. The van der Waals surface area contributed by atoms with Crippen LogP contribution in [0.2, 0.25) is 0 Å². The number of rotatable bonds is 5. The van der Waals surface area contributed by atoms with Crippen molar-refractivity contribution in [3.05, 3.63) is 59.2 Å². The van der Waals surface area contributed by atoms with E-state index in [1.54, 1.807) is 31.2 Å². The molecule has 5 nitrogen and oxygen atoms in total. The number of hydrogen-bond donors (Lipinski definition) is 2. The van der Waals surface area contributed by atoms with E-state index in [1.807, 2.05) is 18.2 Å². The predicted octanol–water partition coefficient (Wildman–Crippen LogP) is 3.58. The molecule has 0 saturated heterocycles. The summed E-state index contributed by atoms with van der Waals surface area (Å²) in [6.07, 6.45) is 4.51. The topological polar surface area (TPSA) is 75.3 Å². The molecular weight excluding hydrogens is 336 g/mol. The smallest absolute Gasteiger partial charge is 0.255 e. The Morgan fingerprint density at radius 2 is 1.60 bits per heavy atom. The Morgan fingerprint density at radius 1 is 0.960 bits per heavy atom. The van der Waals surface area contributed by atoms with Gasteiger partial charge in [0.1, 0.15) is 0 Å². The molecule has 0 fully saturated rings. The number of anilines is 2. The third kappa shape index (κ3) is 4.39. The Kier molecular flexibility index (Phi) is 5.08. The van der Waals surface area contributed by atoms with E-state index in [0.717, 1.165) is 12.8 Å². The Hall–Kier alpha value is -2.34. The van der Waals surface area contributed by atoms with E-state index in [-0.39, 0.29) is 11.7 Å². The first kappa shape index (κ1) is 17.5. The molecule has 132 valence electrons. The van der Waals surface area contributed by atoms with Crippen molar-refractivity contribution in [1.29, 1.82) is 0 Å². The fourth-order valence-electron chi connectivity index (χ4n) is 2.95. The van der Waals surface area contributed by atoms with Crippen molar-refractivity contribution < 1.29 is 13.2 Å². The van der Waals surface area contributed by atoms with E-state index < -0.39 is 10.0 Å². The molecule has 0 unspecified atom stereocenters. The third-order valence-corrected chi connectivity index (χ3v) is 5.71. The van der Waals surface area contributed by atoms with Crippen LogP contribution in [0.1, 0.15) is 41.3 Å². The van der Waals surface area contributed by atoms with Gasteiger partial charge in [-0.05, 0) is 80.1 Å². The summed E-state index contributed by atoms with van der Waals surface area (Å²) in [6, 6.07) is 12.5. The van der Waals surface area contributed by atoms with Gasteiger partial charge in [-0.15, -0.1) is 0 Å². The zero-order chi connectivity index (χ0) is 17.9. The van der Waals surface area contributed by atoms with Crippen LogP contribution in [0.4, 0.5) is 11.4 Å². The lowest BCUT2D eigenvalue weighted by molar-refractivity contribution is 0.102. The van der Waals surface area contributed by atoms with Crippen LogP contribution in [0.5, 0.6) is 0 Å². The second-order valence-electron chi connectivity index (χ2n) is 6.23. The van der Waals surface area contributed by atoms with Crippen LogP contribution in [0.15, 0.2) is 42.5 Å². The minimum atomic E-state index is -3.30. The number of carbonyl (C=O) groups is 1. The molecule has 0 saturated carbocycles. The Morgan fingerprint density at radius 3 is 2.28 bits per heavy atom. The van der Waals surface area contributed by atoms with Crippen LogP contribution in [0.25, 0.3) is 0 Å². The highest BCUT2D eigenvalue weighted by atomic mass is 32.2. The van der Waals surface area contributed by atoms with Crippen molar-refractivity contribution in [3.63, 3.8) is 0 Å². The molecule has 6 heteroatoms. The predicted molar refractivity (Wildman–Crippen MR) is 101 cm³/mol. The number of amides is 1. The normalized spacial score (nSPS) is 13.8. The summed E-state index contributed by atoms with van der Waals surface area (Å²) < 4.78 is 25.6. The van der Waals surface area contributed by atoms with Crippen molar-refractivity contribution in [2.24, 2.45) is 0 Å². The van der Waals surface area contributed by atoms with E-state index in [2.05, 4.69) is 10.0 Å². The van der Waals surface area contributed by atoms with Crippen LogP contribution in [0, 0.1) is 0 Å². The fraction of sp³-hybridized carbons (Fsp3) is 0.316. The lowest BCUT2D eigenvalue weighted by atomic mass is 9.90. The molecule has 2 N–H and O–H groups in total. The number of benzene rings is 2. The Bertz CT molecular complexity index is 874. The van der Waals surface area contributed by atoms with E-state index >= 15 is 0 Å². The summed E-state index contributed by atoms with van der Waals surface area (Å²) in [5.41, 5.74) is 4.37. The molecule has 0 radical (unpaired) electrons. The van der Waals surface area contributed by atoms with Gasteiger partial charge in [-0.3, -0.25) is 9.52 Å². The van der Waals surface area contributed by atoms with Gasteiger partial charge in [0.2, 0.25) is 10.0 Å². The second-order valence-corrected chi connectivity index (χ2v) is 8.24. The second kappa shape index (κ2) is 7.27. The molecule has 1 aliphatic rings. The molecule has 0 bridgehead atoms. The molecule has 2 aromatic rings. The minimum absolute atomic E-state index is 0.0177. The summed E-state index contributed by atoms with van der Waals surface area (Å²) in [5, 5.41) is 2.85. The maximum absolute atomic E-state index is 12.4. The average molecular weight is 358 g/mol. The number of aryl methyl sites for hydroxylation is 2. The zero-order valence-electron chi connectivity index (χ0n) is 14.2. The van der Waals surface area contributed by atoms with E-state index in [9.17, 15) is 13.2 Å². The number of fused-ring (bicyclic) bond motifs is 1. The largest absolute Gasteiger partial charge is 0.322 e. The highest BCUT2D eigenvalue weighted by Crippen LogP contribution is 2.23. The number of nitrogens with one attached hydrogen (secondary N) is 2. The summed E-state index contributed by atoms with van der Waals surface area (Å²) in [6.45, 7) is 1.58. The highest BCUT2D eigenvalue weighted by Gasteiger charge is 2.13. The van der Waals surface area contributed by atoms with Gasteiger partial charge in [-0.25, -0.2) is 8.42 Å². The van der Waals surface area contributed by atoms with Gasteiger partial charge in [0, 0.05) is 16.9 Å². The summed E-state index contributed by atoms with van der Waals surface area (Å²) in [4.78, 5) is 12.4. The van der Waals surface area contributed by atoms with Gasteiger partial charge in [-0.2, -0.15) is 0 Å². The monoisotopic (exact) mass is 358 g/mol. The average Bonchev–Trinajstić information content (AvgIpc) is 2.62. The maximum atomic E-state index is 12.4. The quantitative estimate of drug-likeness (QED) is 0.858. The molecule has 0 aromatic heterocycles. The standard InChI is InChI=1S/C19H22N2O3S/c1-2-25(23,24)21-18-11-9-17(10-12-18)20-19(22)16-8-7-14-5-3-4-6-15(14)13-16/h7-13,21H,2-6H2,1H3,(H,20,22). The van der Waals surface area contributed by atoms with Crippen molar-refractivity contribution in [1.82, 2.24) is 0 Å². The summed E-state index contributed by atoms with van der Waals surface area (Å²) in [7, 11) is -3.30. The van der Waals surface area contributed by atoms with E-state index in [4.69, 9.17) is 0 Å². The lowest BCUT2D eigenvalue weighted by Gasteiger charge is -2.16. The van der Waals surface area contributed by atoms with Gasteiger partial charge >= 0.3 is 0 Å². The Balaban J connectivity index is 1.69. The molecule has 0 aliphatic heterocycles. The first-order valence-electron chi connectivity index (χ1n) is 8.50. The number of carbonyl (C=O) groups excluding carboxylic acids is 1. The van der Waals surface area contributed by atoms with Crippen LogP contribution < -0.4 is 10.0 Å². The maximum Gasteiger partial charge on any atom is 0.255 e. The van der Waals surface area contributed by atoms with Crippen LogP contribution >= 0.6 is 0 Å². The van der Waals surface area contributed by atoms with Gasteiger partial charge in [0.05, 0.1) is 5.75 Å². The van der Waals surface area contributed by atoms with E-state index in [0.29, 0.717) is 16.9 Å². The lowest BCUT2D eigenvalue weighted by Crippen LogP contribution is -2.15. The number of sulfonamides is 1. The molecule has 0 spiro atoms. The highest BCUT2D eigenvalue weighted by molar-refractivity contribution is 7.92. The third-order valence-electron chi connectivity index (χ3n) is 4.41. The van der Waals surface area contributed by atoms with Gasteiger partial charge < -0.3 is 5.32 Å². The zero-order valence-corrected chi connectivity index (χ0v) is 15.0. The molecule has 1 amide bonds. The molecule has 3 rings (SSSR count). The summed E-state index contributed by atoms with van der Waals surface area (Å²) in [5.74, 6) is -0.139. The molecule has 1 aliphatic carbocycles. The van der Waals surface area contributed by atoms with Crippen molar-refractivity contribution >= 4 is 27.3 Å². The van der Waals surface area contributed by atoms with Crippen LogP contribution in [-0.2, 0) is 22.9 Å². The molecule has 2 aromatic carbocycles. The SMILES string of the molecule is CCS(=O)(=O)Nc1ccc(NC(=O)c2ccc3c(c2)CCCC3)cc1. The van der Waals surface area contributed by atoms with Crippen molar-refractivity contribution in [2.45, 2.75) is 32.6 Å². The van der Waals surface area contributed by atoms with Crippen LogP contribution in [-0.4, -0.2) is 20.1 Å². The molecule has 25 heavy (non-hydrogen) atoms. The van der Waals surface area contributed by atoms with Gasteiger partial charge in [0.25, 0.3) is 5.91 Å². The van der Waals surface area contributed by atoms with E-state index in [1.165, 1.54) is 24.0 Å². The van der Waals surface area contributed by atoms with Crippen molar-refractivity contribution in [3.8, 4) is 0 Å². The van der Waals surface area contributed by atoms with Crippen molar-refractivity contribution in [2.75, 3.05) is 15.8 Å². The van der Waals surface area contributed by atoms with Gasteiger partial charge in [-0.1, -0.05) is 6.07 Å². The first-order chi connectivity index (χ1) is 12.0. The van der Waals surface area contributed by atoms with Crippen LogP contribution in [0.3, 0.4) is 0 Å². The Labute approximate surface area is 148 Å². The minimum Gasteiger partial charge on any atom is -0.322 e. The molecular formula is C19H22N2O3S. The summed E-state index contributed by atoms with van der Waals surface area (Å²) >= 11 is 0.